The lowest BCUT2D eigenvalue weighted by atomic mass is 9.79. The lowest BCUT2D eigenvalue weighted by Gasteiger charge is -2.23. The molecule has 96 valence electrons. The van der Waals surface area contributed by atoms with Gasteiger partial charge in [-0.05, 0) is 36.1 Å². The van der Waals surface area contributed by atoms with E-state index in [1.54, 1.807) is 7.11 Å². The molecule has 0 aliphatic heterocycles. The number of rotatable bonds is 2. The Bertz CT molecular complexity index is 616. The highest BCUT2D eigenvalue weighted by molar-refractivity contribution is 6.03. The van der Waals surface area contributed by atoms with E-state index in [1.807, 2.05) is 42.5 Å². The summed E-state index contributed by atoms with van der Waals surface area (Å²) in [6.07, 6.45) is 1.84. The molecule has 2 aromatic carbocycles. The zero-order valence-electron chi connectivity index (χ0n) is 10.9. The smallest absolute Gasteiger partial charge is 0.170 e. The van der Waals surface area contributed by atoms with Gasteiger partial charge in [-0.1, -0.05) is 36.4 Å². The first-order chi connectivity index (χ1) is 9.29. The summed E-state index contributed by atoms with van der Waals surface area (Å²) in [5.41, 5.74) is 3.10. The summed E-state index contributed by atoms with van der Waals surface area (Å²) in [4.78, 5) is 12.6. The second-order valence-corrected chi connectivity index (χ2v) is 4.89. The molecule has 19 heavy (non-hydrogen) atoms. The Morgan fingerprint density at radius 1 is 1.11 bits per heavy atom. The lowest BCUT2D eigenvalue weighted by Crippen LogP contribution is -2.20. The first kappa shape index (κ1) is 12.0. The monoisotopic (exact) mass is 252 g/mol. The molecule has 0 radical (unpaired) electrons. The van der Waals surface area contributed by atoms with Crippen LogP contribution in [0.2, 0.25) is 0 Å². The van der Waals surface area contributed by atoms with E-state index in [1.165, 1.54) is 5.56 Å². The van der Waals surface area contributed by atoms with E-state index in [4.69, 9.17) is 4.74 Å². The van der Waals surface area contributed by atoms with Crippen molar-refractivity contribution in [2.24, 2.45) is 0 Å². The van der Waals surface area contributed by atoms with Gasteiger partial charge in [-0.2, -0.15) is 0 Å². The number of fused-ring (bicyclic) bond motifs is 1. The van der Waals surface area contributed by atoms with Gasteiger partial charge in [0.15, 0.2) is 5.78 Å². The predicted octanol–water partition coefficient (Wildman–Crippen LogP) is 3.61. The van der Waals surface area contributed by atoms with Gasteiger partial charge in [0.05, 0.1) is 7.11 Å². The zero-order valence-corrected chi connectivity index (χ0v) is 10.9. The summed E-state index contributed by atoms with van der Waals surface area (Å²) in [5.74, 6) is 1.00. The molecule has 0 amide bonds. The van der Waals surface area contributed by atoms with Crippen LogP contribution < -0.4 is 4.74 Å². The molecule has 0 N–H and O–H groups in total. The van der Waals surface area contributed by atoms with Crippen LogP contribution in [0.3, 0.4) is 0 Å². The fourth-order valence-corrected chi connectivity index (χ4v) is 2.77. The Balaban J connectivity index is 1.97. The third-order valence-corrected chi connectivity index (χ3v) is 3.80. The average molecular weight is 252 g/mol. The molecule has 0 heterocycles. The van der Waals surface area contributed by atoms with Gasteiger partial charge >= 0.3 is 0 Å². The van der Waals surface area contributed by atoms with Crippen molar-refractivity contribution in [2.45, 2.75) is 18.8 Å². The van der Waals surface area contributed by atoms with Crippen LogP contribution in [-0.4, -0.2) is 12.9 Å². The van der Waals surface area contributed by atoms with Crippen molar-refractivity contribution in [3.8, 4) is 5.75 Å². The first-order valence-electron chi connectivity index (χ1n) is 6.55. The molecular weight excluding hydrogens is 236 g/mol. The van der Waals surface area contributed by atoms with Gasteiger partial charge in [0, 0.05) is 11.5 Å². The lowest BCUT2D eigenvalue weighted by molar-refractivity contribution is 0.0946. The highest BCUT2D eigenvalue weighted by Crippen LogP contribution is 2.33. The Kier molecular flexibility index (Phi) is 3.08. The molecule has 3 rings (SSSR count). The molecule has 0 aromatic heterocycles. The van der Waals surface area contributed by atoms with Crippen molar-refractivity contribution in [3.63, 3.8) is 0 Å². The molecular formula is C17H16O2. The zero-order chi connectivity index (χ0) is 13.2. The van der Waals surface area contributed by atoms with E-state index in [0.717, 1.165) is 29.7 Å². The van der Waals surface area contributed by atoms with Gasteiger partial charge in [-0.3, -0.25) is 4.79 Å². The van der Waals surface area contributed by atoms with Gasteiger partial charge in [0.2, 0.25) is 0 Å². The fraction of sp³-hybridized carbons (Fsp3) is 0.235. The molecule has 2 aromatic rings. The number of carbonyl (C=O) groups excluding carboxylic acids is 1. The van der Waals surface area contributed by atoms with Gasteiger partial charge in [0.25, 0.3) is 0 Å². The number of benzene rings is 2. The van der Waals surface area contributed by atoms with Crippen molar-refractivity contribution in [1.82, 2.24) is 0 Å². The maximum atomic E-state index is 12.6. The van der Waals surface area contributed by atoms with E-state index in [0.29, 0.717) is 0 Å². The van der Waals surface area contributed by atoms with Gasteiger partial charge in [0.1, 0.15) is 5.75 Å². The normalized spacial score (nSPS) is 17.9. The third kappa shape index (κ3) is 2.14. The van der Waals surface area contributed by atoms with E-state index >= 15 is 0 Å². The van der Waals surface area contributed by atoms with Crippen LogP contribution in [0.4, 0.5) is 0 Å². The van der Waals surface area contributed by atoms with Crippen LogP contribution in [0, 0.1) is 0 Å². The SMILES string of the molecule is COc1cccc([C@H]2CCc3ccccc3C2=O)c1. The molecule has 2 heteroatoms. The molecule has 0 saturated carbocycles. The molecule has 0 fully saturated rings. The minimum absolute atomic E-state index is 0.0370. The van der Waals surface area contributed by atoms with Gasteiger partial charge in [-0.25, -0.2) is 0 Å². The summed E-state index contributed by atoms with van der Waals surface area (Å²) in [6, 6.07) is 15.8. The minimum Gasteiger partial charge on any atom is -0.497 e. The van der Waals surface area contributed by atoms with Crippen molar-refractivity contribution >= 4 is 5.78 Å². The van der Waals surface area contributed by atoms with Crippen molar-refractivity contribution in [3.05, 3.63) is 65.2 Å². The number of methoxy groups -OCH3 is 1. The summed E-state index contributed by atoms with van der Waals surface area (Å²) in [7, 11) is 1.65. The molecule has 0 spiro atoms. The molecule has 0 saturated heterocycles. The fourth-order valence-electron chi connectivity index (χ4n) is 2.77. The maximum absolute atomic E-state index is 12.6. The van der Waals surface area contributed by atoms with Crippen LogP contribution in [0.1, 0.15) is 33.8 Å². The van der Waals surface area contributed by atoms with E-state index < -0.39 is 0 Å². The molecule has 1 aliphatic carbocycles. The summed E-state index contributed by atoms with van der Waals surface area (Å²) in [5, 5.41) is 0. The van der Waals surface area contributed by atoms with Crippen LogP contribution in [-0.2, 0) is 6.42 Å². The topological polar surface area (TPSA) is 26.3 Å². The Hall–Kier alpha value is -2.09. The minimum atomic E-state index is -0.0370. The summed E-state index contributed by atoms with van der Waals surface area (Å²) < 4.78 is 5.24. The number of carbonyl (C=O) groups is 1. The number of hydrogen-bond acceptors (Lipinski definition) is 2. The Morgan fingerprint density at radius 3 is 2.79 bits per heavy atom. The van der Waals surface area contributed by atoms with E-state index in [-0.39, 0.29) is 11.7 Å². The van der Waals surface area contributed by atoms with Crippen LogP contribution >= 0.6 is 0 Å². The average Bonchev–Trinajstić information content (AvgIpc) is 2.48. The summed E-state index contributed by atoms with van der Waals surface area (Å²) in [6.45, 7) is 0. The van der Waals surface area contributed by atoms with Crippen molar-refractivity contribution < 1.29 is 9.53 Å². The van der Waals surface area contributed by atoms with E-state index in [2.05, 4.69) is 6.07 Å². The molecule has 2 nitrogen and oxygen atoms in total. The Morgan fingerprint density at radius 2 is 1.95 bits per heavy atom. The number of ether oxygens (including phenoxy) is 1. The number of aryl methyl sites for hydroxylation is 1. The predicted molar refractivity (Wildman–Crippen MR) is 74.8 cm³/mol. The van der Waals surface area contributed by atoms with Crippen molar-refractivity contribution in [2.75, 3.05) is 7.11 Å². The molecule has 1 atom stereocenters. The molecule has 0 unspecified atom stereocenters. The Labute approximate surface area is 113 Å². The highest BCUT2D eigenvalue weighted by Gasteiger charge is 2.28. The van der Waals surface area contributed by atoms with Crippen molar-refractivity contribution in [1.29, 1.82) is 0 Å². The number of Topliss-reactive ketones (excluding diaryl/α,β-unsaturated/α-hetero) is 1. The molecule has 1 aliphatic rings. The molecule has 0 bridgehead atoms. The van der Waals surface area contributed by atoms with E-state index in [9.17, 15) is 4.79 Å². The first-order valence-corrected chi connectivity index (χ1v) is 6.55. The number of ketones is 1. The second kappa shape index (κ2) is 4.88. The highest BCUT2D eigenvalue weighted by atomic mass is 16.5. The maximum Gasteiger partial charge on any atom is 0.170 e. The largest absolute Gasteiger partial charge is 0.497 e. The van der Waals surface area contributed by atoms with Crippen LogP contribution in [0.25, 0.3) is 0 Å². The van der Waals surface area contributed by atoms with Crippen LogP contribution in [0.5, 0.6) is 5.75 Å². The summed E-state index contributed by atoms with van der Waals surface area (Å²) >= 11 is 0. The standard InChI is InChI=1S/C17H16O2/c1-19-14-7-4-6-13(11-14)16-10-9-12-5-2-3-8-15(12)17(16)18/h2-8,11,16H,9-10H2,1H3/t16-/m1/s1. The third-order valence-electron chi connectivity index (χ3n) is 3.80. The number of hydrogen-bond donors (Lipinski definition) is 0. The quantitative estimate of drug-likeness (QED) is 0.816. The van der Waals surface area contributed by atoms with Crippen LogP contribution in [0.15, 0.2) is 48.5 Å². The van der Waals surface area contributed by atoms with Gasteiger partial charge < -0.3 is 4.74 Å². The van der Waals surface area contributed by atoms with Gasteiger partial charge in [-0.15, -0.1) is 0 Å². The second-order valence-electron chi connectivity index (χ2n) is 4.89.